The monoisotopic (exact) mass is 455 g/mol. The van der Waals surface area contributed by atoms with Gasteiger partial charge in [-0.1, -0.05) is 107 Å². The second-order valence-corrected chi connectivity index (χ2v) is 9.49. The molecule has 0 aromatic heterocycles. The zero-order valence-corrected chi connectivity index (χ0v) is 21.1. The maximum Gasteiger partial charge on any atom is 0.00756 e. The van der Waals surface area contributed by atoms with E-state index in [2.05, 4.69) is 119 Å². The molecule has 0 spiro atoms. The van der Waals surface area contributed by atoms with Gasteiger partial charge >= 0.3 is 0 Å². The number of aryl methyl sites for hydroxylation is 4. The van der Waals surface area contributed by atoms with Crippen LogP contribution in [-0.4, -0.2) is 0 Å². The molecule has 0 aliphatic carbocycles. The molecule has 4 rings (SSSR count). The first kappa shape index (κ1) is 24.1. The molecule has 4 aromatic rings. The van der Waals surface area contributed by atoms with Crippen LogP contribution in [0.15, 0.2) is 94.7 Å². The van der Waals surface area contributed by atoms with Crippen LogP contribution in [-0.2, 0) is 25.5 Å². The summed E-state index contributed by atoms with van der Waals surface area (Å²) in [5.41, 5.74) is 10.4. The summed E-state index contributed by atoms with van der Waals surface area (Å²) >= 11 is 9.83. The predicted octanol–water partition coefficient (Wildman–Crippen LogP) is 7.98. The highest BCUT2D eigenvalue weighted by molar-refractivity contribution is 7.80. The summed E-state index contributed by atoms with van der Waals surface area (Å²) in [6.45, 7) is 8.44. The molecule has 0 atom stereocenters. The molecular formula is C30H31S2-. The van der Waals surface area contributed by atoms with Crippen LogP contribution in [0.5, 0.6) is 0 Å². The van der Waals surface area contributed by atoms with Crippen LogP contribution in [0.25, 0.3) is 0 Å². The molecule has 164 valence electrons. The van der Waals surface area contributed by atoms with Crippen molar-refractivity contribution in [2.24, 2.45) is 0 Å². The average Bonchev–Trinajstić information content (AvgIpc) is 2.77. The molecule has 0 amide bonds. The normalized spacial score (nSPS) is 10.4. The van der Waals surface area contributed by atoms with E-state index in [0.717, 1.165) is 22.6 Å². The molecular weight excluding hydrogens is 424 g/mol. The van der Waals surface area contributed by atoms with E-state index < -0.39 is 0 Å². The molecule has 0 radical (unpaired) electrons. The Morgan fingerprint density at radius 1 is 0.531 bits per heavy atom. The predicted molar refractivity (Wildman–Crippen MR) is 143 cm³/mol. The van der Waals surface area contributed by atoms with Crippen molar-refractivity contribution in [3.63, 3.8) is 0 Å². The van der Waals surface area contributed by atoms with Gasteiger partial charge < -0.3 is 12.6 Å². The summed E-state index contributed by atoms with van der Waals surface area (Å²) in [6.07, 6.45) is 1.89. The number of thiol groups is 1. The summed E-state index contributed by atoms with van der Waals surface area (Å²) in [6, 6.07) is 30.0. The third-order valence-electron chi connectivity index (χ3n) is 5.48. The zero-order valence-electron chi connectivity index (χ0n) is 19.4. The van der Waals surface area contributed by atoms with E-state index in [4.69, 9.17) is 12.6 Å². The summed E-state index contributed by atoms with van der Waals surface area (Å²) in [5.74, 6) is 0. The largest absolute Gasteiger partial charge is 0.779 e. The quantitative estimate of drug-likeness (QED) is 0.240. The molecule has 0 unspecified atom stereocenters. The zero-order chi connectivity index (χ0) is 23.1. The number of benzene rings is 4. The molecule has 0 bridgehead atoms. The minimum Gasteiger partial charge on any atom is -0.779 e. The van der Waals surface area contributed by atoms with E-state index in [1.54, 1.807) is 0 Å². The standard InChI is InChI=1S/2C15H16S/c2*1-11-3-6-13(7-4-11)10-14-9-12(2)5-8-15(14)16/h2*3-9,16H,10H2,1-2H3/p-1. The lowest BCUT2D eigenvalue weighted by Crippen LogP contribution is -1.92. The fourth-order valence-electron chi connectivity index (χ4n) is 3.55. The van der Waals surface area contributed by atoms with Gasteiger partial charge in [0.05, 0.1) is 0 Å². The van der Waals surface area contributed by atoms with Crippen molar-refractivity contribution in [2.45, 2.75) is 50.3 Å². The van der Waals surface area contributed by atoms with Crippen molar-refractivity contribution in [3.8, 4) is 0 Å². The van der Waals surface area contributed by atoms with Crippen LogP contribution in [0, 0.1) is 27.7 Å². The number of rotatable bonds is 4. The second kappa shape index (κ2) is 11.4. The minimum atomic E-state index is 0.931. The van der Waals surface area contributed by atoms with Crippen molar-refractivity contribution in [1.29, 1.82) is 0 Å². The lowest BCUT2D eigenvalue weighted by molar-refractivity contribution is 1.12. The first-order chi connectivity index (χ1) is 15.3. The van der Waals surface area contributed by atoms with Crippen LogP contribution in [0.3, 0.4) is 0 Å². The van der Waals surface area contributed by atoms with Crippen molar-refractivity contribution in [2.75, 3.05) is 0 Å². The Morgan fingerprint density at radius 3 is 1.47 bits per heavy atom. The first-order valence-electron chi connectivity index (χ1n) is 11.0. The van der Waals surface area contributed by atoms with Crippen LogP contribution < -0.4 is 0 Å². The highest BCUT2D eigenvalue weighted by Gasteiger charge is 2.01. The molecule has 0 saturated carbocycles. The summed E-state index contributed by atoms with van der Waals surface area (Å²) in [7, 11) is 0. The molecule has 0 N–H and O–H groups in total. The van der Waals surface area contributed by atoms with E-state index in [0.29, 0.717) is 0 Å². The smallest absolute Gasteiger partial charge is 0.00756 e. The van der Waals surface area contributed by atoms with E-state index >= 15 is 0 Å². The molecule has 0 aliphatic heterocycles. The fraction of sp³-hybridized carbons (Fsp3) is 0.200. The highest BCUT2D eigenvalue weighted by Crippen LogP contribution is 2.20. The lowest BCUT2D eigenvalue weighted by atomic mass is 10.0. The van der Waals surface area contributed by atoms with Gasteiger partial charge in [0.2, 0.25) is 0 Å². The minimum absolute atomic E-state index is 0.931. The van der Waals surface area contributed by atoms with Crippen molar-refractivity contribution in [1.82, 2.24) is 0 Å². The molecule has 32 heavy (non-hydrogen) atoms. The summed E-state index contributed by atoms with van der Waals surface area (Å²) < 4.78 is 0. The number of hydrogen-bond donors (Lipinski definition) is 1. The van der Waals surface area contributed by atoms with Crippen molar-refractivity contribution < 1.29 is 0 Å². The molecule has 0 aliphatic rings. The fourth-order valence-corrected chi connectivity index (χ4v) is 3.97. The third kappa shape index (κ3) is 7.25. The Balaban J connectivity index is 0.000000181. The second-order valence-electron chi connectivity index (χ2n) is 8.57. The van der Waals surface area contributed by atoms with E-state index in [-0.39, 0.29) is 0 Å². The van der Waals surface area contributed by atoms with Gasteiger partial charge in [-0.2, -0.15) is 4.90 Å². The van der Waals surface area contributed by atoms with E-state index in [1.807, 2.05) is 6.07 Å². The topological polar surface area (TPSA) is 0 Å². The Bertz CT molecular complexity index is 1060. The third-order valence-corrected chi connectivity index (χ3v) is 6.32. The van der Waals surface area contributed by atoms with Crippen LogP contribution in [0.2, 0.25) is 0 Å². The van der Waals surface area contributed by atoms with Gasteiger partial charge in [0.1, 0.15) is 0 Å². The molecule has 0 nitrogen and oxygen atoms in total. The van der Waals surface area contributed by atoms with Gasteiger partial charge in [0, 0.05) is 4.90 Å². The van der Waals surface area contributed by atoms with Crippen LogP contribution >= 0.6 is 12.6 Å². The molecule has 0 heterocycles. The SMILES string of the molecule is Cc1ccc(Cc2cc(C)ccc2S)cc1.Cc1ccc(Cc2cc(C)ccc2[S-])cc1. The molecule has 0 saturated heterocycles. The van der Waals surface area contributed by atoms with Gasteiger partial charge in [-0.3, -0.25) is 0 Å². The molecule has 0 fully saturated rings. The van der Waals surface area contributed by atoms with E-state index in [1.165, 1.54) is 44.5 Å². The van der Waals surface area contributed by atoms with Crippen molar-refractivity contribution >= 4 is 25.3 Å². The molecule has 4 aromatic carbocycles. The average molecular weight is 456 g/mol. The number of hydrogen-bond acceptors (Lipinski definition) is 2. The van der Waals surface area contributed by atoms with Crippen LogP contribution in [0.4, 0.5) is 0 Å². The highest BCUT2D eigenvalue weighted by atomic mass is 32.1. The lowest BCUT2D eigenvalue weighted by Gasteiger charge is -2.14. The Morgan fingerprint density at radius 2 is 0.938 bits per heavy atom. The maximum atomic E-state index is 5.34. The van der Waals surface area contributed by atoms with Gasteiger partial charge in [-0.05, 0) is 63.3 Å². The Hall–Kier alpha value is -2.55. The Kier molecular flexibility index (Phi) is 8.55. The summed E-state index contributed by atoms with van der Waals surface area (Å²) in [5, 5.41) is 0. The Labute approximate surface area is 204 Å². The summed E-state index contributed by atoms with van der Waals surface area (Å²) in [4.78, 5) is 2.04. The van der Waals surface area contributed by atoms with Crippen LogP contribution in [0.1, 0.15) is 44.5 Å². The van der Waals surface area contributed by atoms with Gasteiger partial charge in [-0.15, -0.1) is 12.6 Å². The van der Waals surface area contributed by atoms with E-state index in [9.17, 15) is 0 Å². The maximum absolute atomic E-state index is 5.34. The van der Waals surface area contributed by atoms with Crippen molar-refractivity contribution in [3.05, 3.63) is 129 Å². The van der Waals surface area contributed by atoms with Gasteiger partial charge in [0.25, 0.3) is 0 Å². The van der Waals surface area contributed by atoms with Gasteiger partial charge in [-0.25, -0.2) is 0 Å². The first-order valence-corrected chi connectivity index (χ1v) is 11.8. The molecule has 2 heteroatoms. The van der Waals surface area contributed by atoms with Gasteiger partial charge in [0.15, 0.2) is 0 Å².